The van der Waals surface area contributed by atoms with Crippen LogP contribution in [-0.2, 0) is 11.3 Å². The van der Waals surface area contributed by atoms with E-state index in [4.69, 9.17) is 14.9 Å². The SMILES string of the molecule is CCCCC(CC)COCc1nc2c(N)cccc2o1. The normalized spacial score (nSPS) is 12.9. The summed E-state index contributed by atoms with van der Waals surface area (Å²) >= 11 is 0. The third-order valence-corrected chi connectivity index (χ3v) is 3.62. The van der Waals surface area contributed by atoms with Crippen molar-refractivity contribution in [2.75, 3.05) is 12.3 Å². The fourth-order valence-corrected chi connectivity index (χ4v) is 2.29. The van der Waals surface area contributed by atoms with Crippen LogP contribution in [0.5, 0.6) is 0 Å². The van der Waals surface area contributed by atoms with Gasteiger partial charge in [0.1, 0.15) is 12.1 Å². The largest absolute Gasteiger partial charge is 0.438 e. The number of ether oxygens (including phenoxy) is 1. The van der Waals surface area contributed by atoms with E-state index in [9.17, 15) is 0 Å². The minimum atomic E-state index is 0.413. The quantitative estimate of drug-likeness (QED) is 0.736. The first kappa shape index (κ1) is 14.9. The van der Waals surface area contributed by atoms with Crippen LogP contribution in [0.25, 0.3) is 11.1 Å². The van der Waals surface area contributed by atoms with Gasteiger partial charge in [0.15, 0.2) is 5.58 Å². The average Bonchev–Trinajstić information content (AvgIpc) is 2.87. The van der Waals surface area contributed by atoms with Crippen molar-refractivity contribution in [2.24, 2.45) is 5.92 Å². The van der Waals surface area contributed by atoms with Crippen molar-refractivity contribution in [1.29, 1.82) is 0 Å². The number of hydrogen-bond donors (Lipinski definition) is 1. The summed E-state index contributed by atoms with van der Waals surface area (Å²) < 4.78 is 11.4. The minimum Gasteiger partial charge on any atom is -0.438 e. The predicted octanol–water partition coefficient (Wildman–Crippen LogP) is 4.14. The number of unbranched alkanes of at least 4 members (excludes halogenated alkanes) is 1. The maximum atomic E-state index is 5.86. The van der Waals surface area contributed by atoms with E-state index in [1.807, 2.05) is 18.2 Å². The summed E-state index contributed by atoms with van der Waals surface area (Å²) in [4.78, 5) is 4.38. The second-order valence-corrected chi connectivity index (χ2v) is 5.23. The fourth-order valence-electron chi connectivity index (χ4n) is 2.29. The topological polar surface area (TPSA) is 61.3 Å². The van der Waals surface area contributed by atoms with E-state index < -0.39 is 0 Å². The monoisotopic (exact) mass is 276 g/mol. The van der Waals surface area contributed by atoms with Crippen molar-refractivity contribution in [3.05, 3.63) is 24.1 Å². The number of anilines is 1. The lowest BCUT2D eigenvalue weighted by atomic mass is 10.0. The minimum absolute atomic E-state index is 0.413. The van der Waals surface area contributed by atoms with Gasteiger partial charge in [-0.05, 0) is 24.5 Å². The summed E-state index contributed by atoms with van der Waals surface area (Å²) in [5, 5.41) is 0. The summed E-state index contributed by atoms with van der Waals surface area (Å²) in [6.45, 7) is 5.61. The number of rotatable bonds is 8. The summed E-state index contributed by atoms with van der Waals surface area (Å²) in [5.41, 5.74) is 7.95. The molecule has 4 nitrogen and oxygen atoms in total. The molecule has 1 aromatic carbocycles. The molecular formula is C16H24N2O2. The van der Waals surface area contributed by atoms with Crippen molar-refractivity contribution >= 4 is 16.8 Å². The first-order valence-electron chi connectivity index (χ1n) is 7.46. The highest BCUT2D eigenvalue weighted by Crippen LogP contribution is 2.21. The lowest BCUT2D eigenvalue weighted by Crippen LogP contribution is -2.08. The zero-order chi connectivity index (χ0) is 14.4. The Hall–Kier alpha value is -1.55. The Morgan fingerprint density at radius 3 is 2.90 bits per heavy atom. The fraction of sp³-hybridized carbons (Fsp3) is 0.562. The summed E-state index contributed by atoms with van der Waals surface area (Å²) in [5.74, 6) is 1.23. The number of oxazole rings is 1. The van der Waals surface area contributed by atoms with Crippen LogP contribution in [0.3, 0.4) is 0 Å². The summed E-state index contributed by atoms with van der Waals surface area (Å²) in [6, 6.07) is 5.57. The van der Waals surface area contributed by atoms with Crippen LogP contribution in [0, 0.1) is 5.92 Å². The van der Waals surface area contributed by atoms with Crippen LogP contribution in [0.4, 0.5) is 5.69 Å². The molecule has 2 N–H and O–H groups in total. The van der Waals surface area contributed by atoms with Crippen molar-refractivity contribution < 1.29 is 9.15 Å². The molecule has 0 bridgehead atoms. The van der Waals surface area contributed by atoms with Gasteiger partial charge in [0.05, 0.1) is 12.3 Å². The van der Waals surface area contributed by atoms with E-state index in [1.54, 1.807) is 0 Å². The van der Waals surface area contributed by atoms with E-state index in [0.29, 0.717) is 24.1 Å². The molecule has 0 saturated carbocycles. The molecule has 0 saturated heterocycles. The molecule has 1 unspecified atom stereocenters. The summed E-state index contributed by atoms with van der Waals surface area (Å²) in [6.07, 6.45) is 4.89. The molecule has 0 aliphatic carbocycles. The van der Waals surface area contributed by atoms with Crippen LogP contribution in [0.15, 0.2) is 22.6 Å². The smallest absolute Gasteiger partial charge is 0.221 e. The number of nitrogen functional groups attached to an aromatic ring is 1. The Balaban J connectivity index is 1.87. The van der Waals surface area contributed by atoms with Crippen LogP contribution >= 0.6 is 0 Å². The molecule has 0 amide bonds. The lowest BCUT2D eigenvalue weighted by molar-refractivity contribution is 0.0691. The molecular weight excluding hydrogens is 252 g/mol. The van der Waals surface area contributed by atoms with Crippen molar-refractivity contribution in [3.8, 4) is 0 Å². The molecule has 0 aliphatic rings. The standard InChI is InChI=1S/C16H24N2O2/c1-3-5-7-12(4-2)10-19-11-15-18-16-13(17)8-6-9-14(16)20-15/h6,8-9,12H,3-5,7,10-11,17H2,1-2H3. The second-order valence-electron chi connectivity index (χ2n) is 5.23. The molecule has 1 aromatic heterocycles. The highest BCUT2D eigenvalue weighted by atomic mass is 16.5. The van der Waals surface area contributed by atoms with Crippen molar-refractivity contribution in [1.82, 2.24) is 4.98 Å². The predicted molar refractivity (Wildman–Crippen MR) is 81.4 cm³/mol. The number of nitrogens with zero attached hydrogens (tertiary/aromatic N) is 1. The lowest BCUT2D eigenvalue weighted by Gasteiger charge is -2.13. The molecule has 0 spiro atoms. The van der Waals surface area contributed by atoms with Crippen molar-refractivity contribution in [3.63, 3.8) is 0 Å². The van der Waals surface area contributed by atoms with Gasteiger partial charge in [-0.3, -0.25) is 0 Å². The van der Waals surface area contributed by atoms with Crippen molar-refractivity contribution in [2.45, 2.75) is 46.1 Å². The van der Waals surface area contributed by atoms with Gasteiger partial charge in [0.2, 0.25) is 5.89 Å². The Morgan fingerprint density at radius 1 is 1.35 bits per heavy atom. The van der Waals surface area contributed by atoms with Gasteiger partial charge >= 0.3 is 0 Å². The van der Waals surface area contributed by atoms with Gasteiger partial charge in [-0.25, -0.2) is 4.98 Å². The average molecular weight is 276 g/mol. The van der Waals surface area contributed by atoms with Crippen LogP contribution < -0.4 is 5.73 Å². The Bertz CT molecular complexity index is 536. The molecule has 20 heavy (non-hydrogen) atoms. The number of para-hydroxylation sites is 1. The van der Waals surface area contributed by atoms with Gasteiger partial charge in [0.25, 0.3) is 0 Å². The van der Waals surface area contributed by atoms with E-state index in [2.05, 4.69) is 18.8 Å². The van der Waals surface area contributed by atoms with E-state index in [-0.39, 0.29) is 0 Å². The van der Waals surface area contributed by atoms with Gasteiger partial charge in [0, 0.05) is 0 Å². The summed E-state index contributed by atoms with van der Waals surface area (Å²) in [7, 11) is 0. The molecule has 0 fully saturated rings. The molecule has 2 rings (SSSR count). The zero-order valence-corrected chi connectivity index (χ0v) is 12.4. The van der Waals surface area contributed by atoms with Gasteiger partial charge in [-0.2, -0.15) is 0 Å². The van der Waals surface area contributed by atoms with Gasteiger partial charge in [-0.1, -0.05) is 39.2 Å². The highest BCUT2D eigenvalue weighted by molar-refractivity contribution is 5.85. The molecule has 1 atom stereocenters. The maximum Gasteiger partial charge on any atom is 0.221 e. The third-order valence-electron chi connectivity index (χ3n) is 3.62. The molecule has 4 heteroatoms. The van der Waals surface area contributed by atoms with Crippen LogP contribution in [-0.4, -0.2) is 11.6 Å². The third kappa shape index (κ3) is 3.73. The zero-order valence-electron chi connectivity index (χ0n) is 12.4. The maximum absolute atomic E-state index is 5.86. The Labute approximate surface area is 120 Å². The molecule has 2 aromatic rings. The highest BCUT2D eigenvalue weighted by Gasteiger charge is 2.10. The van der Waals surface area contributed by atoms with E-state index >= 15 is 0 Å². The van der Waals surface area contributed by atoms with E-state index in [0.717, 1.165) is 24.1 Å². The number of hydrogen-bond acceptors (Lipinski definition) is 4. The molecule has 0 radical (unpaired) electrons. The van der Waals surface area contributed by atoms with Gasteiger partial charge < -0.3 is 14.9 Å². The van der Waals surface area contributed by atoms with Crippen LogP contribution in [0.2, 0.25) is 0 Å². The number of benzene rings is 1. The molecule has 0 aliphatic heterocycles. The Kier molecular flexibility index (Phi) is 5.41. The second kappa shape index (κ2) is 7.29. The first-order chi connectivity index (χ1) is 9.74. The van der Waals surface area contributed by atoms with Crippen LogP contribution in [0.1, 0.15) is 45.4 Å². The number of nitrogens with two attached hydrogens (primary N) is 1. The molecule has 110 valence electrons. The number of fused-ring (bicyclic) bond motifs is 1. The molecule has 1 heterocycles. The number of aromatic nitrogens is 1. The van der Waals surface area contributed by atoms with E-state index in [1.165, 1.54) is 19.3 Å². The van der Waals surface area contributed by atoms with Gasteiger partial charge in [-0.15, -0.1) is 0 Å². The Morgan fingerprint density at radius 2 is 2.20 bits per heavy atom. The first-order valence-corrected chi connectivity index (χ1v) is 7.46.